The lowest BCUT2D eigenvalue weighted by Crippen LogP contribution is -2.42. The number of nitrogens with two attached hydrogens (primary N) is 1. The summed E-state index contributed by atoms with van der Waals surface area (Å²) in [4.78, 5) is 10.5. The number of carbonyl (C=O) groups excluding carboxylic acids is 1. The minimum Gasteiger partial charge on any atom is -0.339 e. The van der Waals surface area contributed by atoms with Gasteiger partial charge in [0, 0.05) is 6.92 Å². The van der Waals surface area contributed by atoms with E-state index < -0.39 is 15.4 Å². The molecule has 0 aliphatic heterocycles. The fourth-order valence-corrected chi connectivity index (χ4v) is 1.70. The number of rotatable bonds is 4. The van der Waals surface area contributed by atoms with E-state index in [1.165, 1.54) is 6.92 Å². The van der Waals surface area contributed by atoms with Crippen molar-refractivity contribution in [3.05, 3.63) is 0 Å². The second kappa shape index (κ2) is 4.42. The van der Waals surface area contributed by atoms with Crippen LogP contribution in [-0.2, 0) is 14.8 Å². The molecular formula is C6H14N2O3S. The minimum atomic E-state index is -3.65. The summed E-state index contributed by atoms with van der Waals surface area (Å²) < 4.78 is 21.6. The van der Waals surface area contributed by atoms with Gasteiger partial charge in [-0.1, -0.05) is 13.3 Å². The molecule has 1 amide bonds. The van der Waals surface area contributed by atoms with Gasteiger partial charge in [-0.2, -0.15) is 0 Å². The first kappa shape index (κ1) is 11.4. The van der Waals surface area contributed by atoms with E-state index in [9.17, 15) is 13.2 Å². The van der Waals surface area contributed by atoms with Gasteiger partial charge in [0.05, 0.1) is 0 Å². The number of hydrogen-bond donors (Lipinski definition) is 2. The van der Waals surface area contributed by atoms with Crippen LogP contribution in [0.15, 0.2) is 0 Å². The van der Waals surface area contributed by atoms with Crippen LogP contribution in [0.25, 0.3) is 0 Å². The number of amides is 1. The molecule has 0 aromatic rings. The summed E-state index contributed by atoms with van der Waals surface area (Å²) in [6.45, 7) is 3.08. The SMILES string of the molecule is CCCC(NC(C)=O)S(N)(=O)=O. The maximum absolute atomic E-state index is 10.8. The molecule has 0 saturated carbocycles. The first-order chi connectivity index (χ1) is 5.38. The Morgan fingerprint density at radius 3 is 2.33 bits per heavy atom. The smallest absolute Gasteiger partial charge is 0.230 e. The van der Waals surface area contributed by atoms with Crippen LogP contribution >= 0.6 is 0 Å². The monoisotopic (exact) mass is 194 g/mol. The highest BCUT2D eigenvalue weighted by Crippen LogP contribution is 2.01. The van der Waals surface area contributed by atoms with Crippen molar-refractivity contribution in [3.63, 3.8) is 0 Å². The normalized spacial score (nSPS) is 13.9. The van der Waals surface area contributed by atoms with Crippen molar-refractivity contribution < 1.29 is 13.2 Å². The lowest BCUT2D eigenvalue weighted by molar-refractivity contribution is -0.119. The van der Waals surface area contributed by atoms with Crippen molar-refractivity contribution in [2.75, 3.05) is 0 Å². The van der Waals surface area contributed by atoms with Gasteiger partial charge in [0.2, 0.25) is 15.9 Å². The number of primary sulfonamides is 1. The summed E-state index contributed by atoms with van der Waals surface area (Å²) in [5.41, 5.74) is 0. The van der Waals surface area contributed by atoms with Crippen LogP contribution in [0.3, 0.4) is 0 Å². The van der Waals surface area contributed by atoms with Crippen LogP contribution in [0.1, 0.15) is 26.7 Å². The topological polar surface area (TPSA) is 89.3 Å². The van der Waals surface area contributed by atoms with Gasteiger partial charge in [0.1, 0.15) is 5.37 Å². The Hall–Kier alpha value is -0.620. The summed E-state index contributed by atoms with van der Waals surface area (Å²) in [5.74, 6) is -0.387. The van der Waals surface area contributed by atoms with E-state index in [0.717, 1.165) is 0 Å². The largest absolute Gasteiger partial charge is 0.339 e. The molecule has 0 heterocycles. The number of hydrogen-bond acceptors (Lipinski definition) is 3. The third-order valence-electron chi connectivity index (χ3n) is 1.31. The van der Waals surface area contributed by atoms with E-state index >= 15 is 0 Å². The van der Waals surface area contributed by atoms with Gasteiger partial charge in [0.15, 0.2) is 0 Å². The Labute approximate surface area is 72.4 Å². The van der Waals surface area contributed by atoms with Crippen LogP contribution in [-0.4, -0.2) is 19.7 Å². The second-order valence-corrected chi connectivity index (χ2v) is 4.31. The molecule has 0 rings (SSSR count). The molecule has 72 valence electrons. The molecule has 0 aliphatic rings. The highest BCUT2D eigenvalue weighted by molar-refractivity contribution is 7.89. The zero-order chi connectivity index (χ0) is 9.78. The van der Waals surface area contributed by atoms with Crippen molar-refractivity contribution in [1.82, 2.24) is 5.32 Å². The maximum atomic E-state index is 10.8. The van der Waals surface area contributed by atoms with E-state index in [-0.39, 0.29) is 5.91 Å². The first-order valence-electron chi connectivity index (χ1n) is 3.66. The summed E-state index contributed by atoms with van der Waals surface area (Å²) >= 11 is 0. The Morgan fingerprint density at radius 1 is 1.58 bits per heavy atom. The summed E-state index contributed by atoms with van der Waals surface area (Å²) in [7, 11) is -3.65. The van der Waals surface area contributed by atoms with Crippen molar-refractivity contribution in [2.45, 2.75) is 32.1 Å². The van der Waals surface area contributed by atoms with Crippen molar-refractivity contribution in [2.24, 2.45) is 5.14 Å². The average molecular weight is 194 g/mol. The molecule has 5 nitrogen and oxygen atoms in total. The fourth-order valence-electron chi connectivity index (χ4n) is 0.807. The van der Waals surface area contributed by atoms with Crippen LogP contribution in [0.4, 0.5) is 0 Å². The molecule has 0 aliphatic carbocycles. The summed E-state index contributed by atoms with van der Waals surface area (Å²) in [5, 5.41) is 6.20. The van der Waals surface area contributed by atoms with Gasteiger partial charge in [-0.25, -0.2) is 13.6 Å². The summed E-state index contributed by atoms with van der Waals surface area (Å²) in [6, 6.07) is 0. The van der Waals surface area contributed by atoms with Crippen LogP contribution < -0.4 is 10.5 Å². The molecule has 0 bridgehead atoms. The molecule has 0 spiro atoms. The van der Waals surface area contributed by atoms with E-state index in [1.54, 1.807) is 0 Å². The van der Waals surface area contributed by atoms with Gasteiger partial charge < -0.3 is 5.32 Å². The molecule has 0 aromatic heterocycles. The van der Waals surface area contributed by atoms with Gasteiger partial charge in [-0.15, -0.1) is 0 Å². The van der Waals surface area contributed by atoms with Gasteiger partial charge in [-0.05, 0) is 6.42 Å². The molecule has 1 atom stereocenters. The third-order valence-corrected chi connectivity index (χ3v) is 2.46. The Bertz CT molecular complexity index is 248. The highest BCUT2D eigenvalue weighted by atomic mass is 32.2. The van der Waals surface area contributed by atoms with Crippen molar-refractivity contribution in [3.8, 4) is 0 Å². The predicted octanol–water partition coefficient (Wildman–Crippen LogP) is -0.463. The lowest BCUT2D eigenvalue weighted by Gasteiger charge is -2.13. The van der Waals surface area contributed by atoms with E-state index in [4.69, 9.17) is 5.14 Å². The fraction of sp³-hybridized carbons (Fsp3) is 0.833. The standard InChI is InChI=1S/C6H14N2O3S/c1-3-4-6(8-5(2)9)12(7,10)11/h6H,3-4H2,1-2H3,(H,8,9)(H2,7,10,11). The average Bonchev–Trinajstić information content (AvgIpc) is 1.83. The van der Waals surface area contributed by atoms with E-state index in [1.807, 2.05) is 6.92 Å². The molecule has 0 radical (unpaired) electrons. The second-order valence-electron chi connectivity index (χ2n) is 2.57. The molecule has 12 heavy (non-hydrogen) atoms. The van der Waals surface area contributed by atoms with Crippen molar-refractivity contribution >= 4 is 15.9 Å². The predicted molar refractivity (Wildman–Crippen MR) is 45.6 cm³/mol. The van der Waals surface area contributed by atoms with Gasteiger partial charge >= 0.3 is 0 Å². The molecule has 0 fully saturated rings. The third kappa shape index (κ3) is 4.30. The minimum absolute atomic E-state index is 0.346. The zero-order valence-corrected chi connectivity index (χ0v) is 8.02. The molecule has 1 unspecified atom stereocenters. The Morgan fingerprint density at radius 2 is 2.08 bits per heavy atom. The molecule has 0 saturated heterocycles. The van der Waals surface area contributed by atoms with Gasteiger partial charge in [0.25, 0.3) is 0 Å². The quantitative estimate of drug-likeness (QED) is 0.634. The van der Waals surface area contributed by atoms with Crippen molar-refractivity contribution in [1.29, 1.82) is 0 Å². The number of carbonyl (C=O) groups is 1. The zero-order valence-electron chi connectivity index (χ0n) is 7.20. The maximum Gasteiger partial charge on any atom is 0.230 e. The summed E-state index contributed by atoms with van der Waals surface area (Å²) in [6.07, 6.45) is 1.000. The first-order valence-corrected chi connectivity index (χ1v) is 5.27. The number of nitrogens with one attached hydrogen (secondary N) is 1. The number of sulfonamides is 1. The highest BCUT2D eigenvalue weighted by Gasteiger charge is 2.20. The van der Waals surface area contributed by atoms with Gasteiger partial charge in [-0.3, -0.25) is 4.79 Å². The molecule has 0 aromatic carbocycles. The van der Waals surface area contributed by atoms with Crippen LogP contribution in [0, 0.1) is 0 Å². The van der Waals surface area contributed by atoms with Crippen LogP contribution in [0.2, 0.25) is 0 Å². The van der Waals surface area contributed by atoms with E-state index in [2.05, 4.69) is 5.32 Å². The molecular weight excluding hydrogens is 180 g/mol. The lowest BCUT2D eigenvalue weighted by atomic mass is 10.3. The Balaban J connectivity index is 4.34. The molecule has 3 N–H and O–H groups in total. The van der Waals surface area contributed by atoms with E-state index in [0.29, 0.717) is 12.8 Å². The molecule has 6 heteroatoms. The Kier molecular flexibility index (Phi) is 4.19. The van der Waals surface area contributed by atoms with Crippen LogP contribution in [0.5, 0.6) is 0 Å².